The van der Waals surface area contributed by atoms with E-state index in [4.69, 9.17) is 26.8 Å². The summed E-state index contributed by atoms with van der Waals surface area (Å²) in [6.07, 6.45) is 4.87. The molecule has 0 spiro atoms. The van der Waals surface area contributed by atoms with Crippen molar-refractivity contribution in [2.75, 3.05) is 13.2 Å². The second-order valence-corrected chi connectivity index (χ2v) is 7.23. The maximum absolute atomic E-state index is 10.6. The highest BCUT2D eigenvalue weighted by molar-refractivity contribution is 9.12. The zero-order valence-corrected chi connectivity index (χ0v) is 20.8. The van der Waals surface area contributed by atoms with Crippen molar-refractivity contribution in [3.63, 3.8) is 0 Å². The molecule has 2 aromatic carbocycles. The fraction of sp³-hybridized carbons (Fsp3) is 0.214. The van der Waals surface area contributed by atoms with Crippen LogP contribution in [0.5, 0.6) is 0 Å². The lowest BCUT2D eigenvalue weighted by Crippen LogP contribution is -1.95. The van der Waals surface area contributed by atoms with Gasteiger partial charge in [0, 0.05) is 38.9 Å². The van der Waals surface area contributed by atoms with Crippen LogP contribution in [0.2, 0.25) is 0 Å². The molecule has 0 heterocycles. The molecule has 2 unspecified atom stereocenters. The number of hydrogen-bond acceptors (Lipinski definition) is 4. The summed E-state index contributed by atoms with van der Waals surface area (Å²) in [6, 6.07) is 12.6. The van der Waals surface area contributed by atoms with Gasteiger partial charge in [0.15, 0.2) is 0 Å². The molecule has 0 fully saturated rings. The molecule has 7 heteroatoms. The van der Waals surface area contributed by atoms with E-state index in [1.54, 1.807) is 38.1 Å². The molecule has 0 aliphatic heterocycles. The summed E-state index contributed by atoms with van der Waals surface area (Å²) in [5.74, 6) is 14.0. The van der Waals surface area contributed by atoms with Crippen molar-refractivity contribution >= 4 is 27.9 Å². The standard InChI is InChI=1S/C14H12O3.C9H5BrO2.C5H8O/c1-11(10-15)4-2-3-5-12-6-8-13(9-7-12)14(16)17;10-6-5-7-1-3-8(4-2-7)9(11)12;1-3-5(2)4-6/h6-9,11,15H,10H2,1H3,(H,16,17);1-4H,(H,11,12);1,5-6H,4H2,2H3. The van der Waals surface area contributed by atoms with Crippen LogP contribution in [-0.4, -0.2) is 45.6 Å². The van der Waals surface area contributed by atoms with Crippen LogP contribution < -0.4 is 0 Å². The topological polar surface area (TPSA) is 115 Å². The molecule has 0 saturated heterocycles. The summed E-state index contributed by atoms with van der Waals surface area (Å²) < 4.78 is 0. The first-order chi connectivity index (χ1) is 16.7. The summed E-state index contributed by atoms with van der Waals surface area (Å²) in [4.78, 5) is 23.6. The minimum Gasteiger partial charge on any atom is -0.478 e. The van der Waals surface area contributed by atoms with Crippen LogP contribution in [0.15, 0.2) is 48.5 Å². The van der Waals surface area contributed by atoms with Gasteiger partial charge in [-0.15, -0.1) is 12.3 Å². The smallest absolute Gasteiger partial charge is 0.335 e. The Morgan fingerprint density at radius 3 is 1.54 bits per heavy atom. The molecule has 4 N–H and O–H groups in total. The quantitative estimate of drug-likeness (QED) is 0.443. The SMILES string of the molecule is C#CC(C)CO.CC(C#CC#Cc1ccc(C(=O)O)cc1)CO.O=C(O)c1ccc(C#CBr)cc1. The Morgan fingerprint density at radius 2 is 1.23 bits per heavy atom. The van der Waals surface area contributed by atoms with Gasteiger partial charge in [0.05, 0.1) is 24.3 Å². The minimum absolute atomic E-state index is 0.0159. The molecule has 6 nitrogen and oxygen atoms in total. The average Bonchev–Trinajstić information content (AvgIpc) is 2.87. The minimum atomic E-state index is -0.957. The summed E-state index contributed by atoms with van der Waals surface area (Å²) in [6.45, 7) is 3.70. The monoisotopic (exact) mass is 536 g/mol. The van der Waals surface area contributed by atoms with E-state index in [1.807, 2.05) is 0 Å². The van der Waals surface area contributed by atoms with Gasteiger partial charge in [-0.25, -0.2) is 9.59 Å². The van der Waals surface area contributed by atoms with Crippen LogP contribution in [0.25, 0.3) is 0 Å². The van der Waals surface area contributed by atoms with Crippen molar-refractivity contribution in [1.29, 1.82) is 0 Å². The van der Waals surface area contributed by atoms with Crippen LogP contribution in [0.3, 0.4) is 0 Å². The van der Waals surface area contributed by atoms with E-state index in [2.05, 4.69) is 56.3 Å². The van der Waals surface area contributed by atoms with E-state index in [1.165, 1.54) is 24.3 Å². The third-order valence-corrected chi connectivity index (χ3v) is 4.07. The molecule has 2 atom stereocenters. The fourth-order valence-corrected chi connectivity index (χ4v) is 2.04. The predicted octanol–water partition coefficient (Wildman–Crippen LogP) is 3.70. The van der Waals surface area contributed by atoms with Gasteiger partial charge in [0.2, 0.25) is 0 Å². The first kappa shape index (κ1) is 31.0. The number of benzene rings is 2. The third-order valence-electron chi connectivity index (χ3n) is 3.88. The molecule has 0 saturated carbocycles. The number of carboxylic acids is 2. The number of rotatable bonds is 4. The van der Waals surface area contributed by atoms with Gasteiger partial charge in [-0.1, -0.05) is 17.8 Å². The number of aliphatic hydroxyl groups is 2. The maximum Gasteiger partial charge on any atom is 0.335 e. The number of hydrogen-bond donors (Lipinski definition) is 4. The van der Waals surface area contributed by atoms with Gasteiger partial charge < -0.3 is 20.4 Å². The molecular formula is C28H25BrO6. The Bertz CT molecular complexity index is 1170. The summed E-state index contributed by atoms with van der Waals surface area (Å²) in [5, 5.41) is 34.2. The first-order valence-corrected chi connectivity index (χ1v) is 10.9. The number of carboxylic acid groups (broad SMARTS) is 2. The molecule has 35 heavy (non-hydrogen) atoms. The molecular weight excluding hydrogens is 512 g/mol. The summed E-state index contributed by atoms with van der Waals surface area (Å²) in [7, 11) is 0. The van der Waals surface area contributed by atoms with Gasteiger partial charge in [-0.05, 0) is 79.0 Å². The van der Waals surface area contributed by atoms with E-state index in [0.717, 1.165) is 5.56 Å². The van der Waals surface area contributed by atoms with Crippen LogP contribution in [-0.2, 0) is 0 Å². The Morgan fingerprint density at radius 1 is 0.800 bits per heavy atom. The van der Waals surface area contributed by atoms with Gasteiger partial charge in [-0.3, -0.25) is 0 Å². The van der Waals surface area contributed by atoms with E-state index in [9.17, 15) is 9.59 Å². The van der Waals surface area contributed by atoms with E-state index >= 15 is 0 Å². The van der Waals surface area contributed by atoms with Gasteiger partial charge >= 0.3 is 11.9 Å². The average molecular weight is 537 g/mol. The zero-order valence-electron chi connectivity index (χ0n) is 19.2. The molecule has 2 rings (SSSR count). The second kappa shape index (κ2) is 18.4. The van der Waals surface area contributed by atoms with E-state index < -0.39 is 11.9 Å². The van der Waals surface area contributed by atoms with Crippen LogP contribution in [0, 0.1) is 58.6 Å². The molecule has 0 bridgehead atoms. The molecule has 180 valence electrons. The highest BCUT2D eigenvalue weighted by Crippen LogP contribution is 2.03. The fourth-order valence-electron chi connectivity index (χ4n) is 1.81. The van der Waals surface area contributed by atoms with Crippen molar-refractivity contribution in [3.8, 4) is 46.8 Å². The third kappa shape index (κ3) is 14.7. The molecule has 0 amide bonds. The van der Waals surface area contributed by atoms with Gasteiger partial charge in [0.1, 0.15) is 0 Å². The van der Waals surface area contributed by atoms with Crippen LogP contribution in [0.1, 0.15) is 45.7 Å². The number of carbonyl (C=O) groups is 2. The summed E-state index contributed by atoms with van der Waals surface area (Å²) in [5.41, 5.74) is 2.00. The largest absolute Gasteiger partial charge is 0.478 e. The molecule has 0 aromatic heterocycles. The molecule has 0 radical (unpaired) electrons. The number of aliphatic hydroxyl groups excluding tert-OH is 2. The summed E-state index contributed by atoms with van der Waals surface area (Å²) >= 11 is 2.96. The zero-order chi connectivity index (χ0) is 26.6. The number of halogens is 1. The Balaban J connectivity index is 0.000000557. The van der Waals surface area contributed by atoms with Gasteiger partial charge in [0.25, 0.3) is 0 Å². The number of terminal acetylenes is 1. The highest BCUT2D eigenvalue weighted by Gasteiger charge is 2.00. The highest BCUT2D eigenvalue weighted by atomic mass is 79.9. The van der Waals surface area contributed by atoms with E-state index in [0.29, 0.717) is 5.56 Å². The Kier molecular flexibility index (Phi) is 16.3. The van der Waals surface area contributed by atoms with Crippen LogP contribution in [0.4, 0.5) is 0 Å². The Hall–Kier alpha value is -3.98. The van der Waals surface area contributed by atoms with Crippen molar-refractivity contribution in [2.24, 2.45) is 11.8 Å². The van der Waals surface area contributed by atoms with Crippen molar-refractivity contribution in [1.82, 2.24) is 0 Å². The lowest BCUT2D eigenvalue weighted by Gasteiger charge is -1.93. The van der Waals surface area contributed by atoms with Crippen LogP contribution >= 0.6 is 15.9 Å². The van der Waals surface area contributed by atoms with Gasteiger partial charge in [-0.2, -0.15) is 0 Å². The Labute approximate surface area is 214 Å². The second-order valence-electron chi connectivity index (χ2n) is 6.84. The molecule has 2 aromatic rings. The lowest BCUT2D eigenvalue weighted by molar-refractivity contribution is 0.0686. The van der Waals surface area contributed by atoms with Crippen molar-refractivity contribution < 1.29 is 30.0 Å². The van der Waals surface area contributed by atoms with Crippen molar-refractivity contribution in [3.05, 3.63) is 70.8 Å². The first-order valence-electron chi connectivity index (χ1n) is 10.2. The molecule has 0 aliphatic rings. The lowest BCUT2D eigenvalue weighted by atomic mass is 10.1. The predicted molar refractivity (Wildman–Crippen MR) is 139 cm³/mol. The normalized spacial score (nSPS) is 10.2. The number of aromatic carboxylic acids is 2. The maximum atomic E-state index is 10.6. The van der Waals surface area contributed by atoms with E-state index in [-0.39, 0.29) is 36.2 Å². The molecule has 0 aliphatic carbocycles. The van der Waals surface area contributed by atoms with Crippen molar-refractivity contribution in [2.45, 2.75) is 13.8 Å².